The Morgan fingerprint density at radius 2 is 2.05 bits per heavy atom. The number of piperidine rings is 1. The predicted molar refractivity (Wildman–Crippen MR) is 72.7 cm³/mol. The van der Waals surface area contributed by atoms with E-state index in [0.29, 0.717) is 25.6 Å². The second-order valence-corrected chi connectivity index (χ2v) is 5.45. The van der Waals surface area contributed by atoms with Gasteiger partial charge < -0.3 is 20.1 Å². The quantitative estimate of drug-likeness (QED) is 0.721. The molecule has 0 aromatic heterocycles. The molecule has 0 aromatic rings. The van der Waals surface area contributed by atoms with Gasteiger partial charge in [0.05, 0.1) is 0 Å². The van der Waals surface area contributed by atoms with Crippen molar-refractivity contribution < 1.29 is 24.2 Å². The highest BCUT2D eigenvalue weighted by Crippen LogP contribution is 2.19. The molecule has 0 aliphatic carbocycles. The lowest BCUT2D eigenvalue weighted by molar-refractivity contribution is -0.144. The number of carboxylic acids is 1. The second kappa shape index (κ2) is 6.75. The van der Waals surface area contributed by atoms with Crippen LogP contribution in [0.15, 0.2) is 0 Å². The van der Waals surface area contributed by atoms with Crippen LogP contribution < -0.4 is 5.32 Å². The fraction of sp³-hybridized carbons (Fsp3) is 0.769. The fourth-order valence-corrected chi connectivity index (χ4v) is 2.77. The van der Waals surface area contributed by atoms with Crippen molar-refractivity contribution >= 4 is 17.9 Å². The van der Waals surface area contributed by atoms with E-state index in [9.17, 15) is 19.5 Å². The van der Waals surface area contributed by atoms with E-state index in [4.69, 9.17) is 4.74 Å². The number of piperazine rings is 1. The summed E-state index contributed by atoms with van der Waals surface area (Å²) in [5.74, 6) is -0.994. The lowest BCUT2D eigenvalue weighted by atomic mass is 9.98. The monoisotopic (exact) mass is 299 g/mol. The molecule has 2 fully saturated rings. The van der Waals surface area contributed by atoms with Gasteiger partial charge in [-0.25, -0.2) is 9.59 Å². The van der Waals surface area contributed by atoms with E-state index in [-0.39, 0.29) is 25.0 Å². The third-order valence-electron chi connectivity index (χ3n) is 4.00. The molecule has 3 amide bonds. The van der Waals surface area contributed by atoms with Gasteiger partial charge in [-0.3, -0.25) is 9.69 Å². The number of carboxylic acid groups (broad SMARTS) is 1. The van der Waals surface area contributed by atoms with Crippen molar-refractivity contribution in [2.75, 3.05) is 39.9 Å². The highest BCUT2D eigenvalue weighted by Gasteiger charge is 2.38. The molecule has 8 nitrogen and oxygen atoms in total. The fourth-order valence-electron chi connectivity index (χ4n) is 2.77. The van der Waals surface area contributed by atoms with Crippen molar-refractivity contribution in [3.8, 4) is 0 Å². The highest BCUT2D eigenvalue weighted by atomic mass is 16.5. The third kappa shape index (κ3) is 3.63. The molecule has 0 aromatic carbocycles. The van der Waals surface area contributed by atoms with Crippen LogP contribution >= 0.6 is 0 Å². The van der Waals surface area contributed by atoms with E-state index in [0.717, 1.165) is 17.7 Å². The maximum Gasteiger partial charge on any atom is 0.328 e. The standard InChI is InChI=1S/C13H21N3O5/c1-21-8-9-2-4-15(5-3-9)13(20)16-7-11(17)14-6-10(16)12(18)19/h9-10H,2-8H2,1H3,(H,14,17)(H,18,19). The van der Waals surface area contributed by atoms with Gasteiger partial charge in [0.2, 0.25) is 5.91 Å². The zero-order valence-corrected chi connectivity index (χ0v) is 12.1. The second-order valence-electron chi connectivity index (χ2n) is 5.45. The molecule has 2 aliphatic rings. The first-order valence-corrected chi connectivity index (χ1v) is 7.07. The van der Waals surface area contributed by atoms with Gasteiger partial charge in [0.1, 0.15) is 12.6 Å². The maximum absolute atomic E-state index is 12.5. The number of hydrogen-bond acceptors (Lipinski definition) is 4. The van der Waals surface area contributed by atoms with Crippen LogP contribution in [0.2, 0.25) is 0 Å². The summed E-state index contributed by atoms with van der Waals surface area (Å²) in [6, 6.07) is -1.36. The van der Waals surface area contributed by atoms with Gasteiger partial charge in [0, 0.05) is 33.4 Å². The summed E-state index contributed by atoms with van der Waals surface area (Å²) < 4.78 is 5.11. The van der Waals surface area contributed by atoms with Crippen LogP contribution in [0.3, 0.4) is 0 Å². The van der Waals surface area contributed by atoms with Crippen LogP contribution in [0.1, 0.15) is 12.8 Å². The number of urea groups is 1. The van der Waals surface area contributed by atoms with Gasteiger partial charge >= 0.3 is 12.0 Å². The minimum absolute atomic E-state index is 0.0416. The average molecular weight is 299 g/mol. The lowest BCUT2D eigenvalue weighted by Gasteiger charge is -2.39. The van der Waals surface area contributed by atoms with E-state index in [1.807, 2.05) is 0 Å². The number of hydrogen-bond donors (Lipinski definition) is 2. The first kappa shape index (κ1) is 15.6. The van der Waals surface area contributed by atoms with Gasteiger partial charge in [-0.2, -0.15) is 0 Å². The number of carbonyl (C=O) groups is 3. The van der Waals surface area contributed by atoms with Crippen molar-refractivity contribution in [3.63, 3.8) is 0 Å². The Labute approximate surface area is 123 Å². The molecule has 21 heavy (non-hydrogen) atoms. The molecule has 2 saturated heterocycles. The molecule has 2 aliphatic heterocycles. The van der Waals surface area contributed by atoms with Gasteiger partial charge in [-0.05, 0) is 18.8 Å². The van der Waals surface area contributed by atoms with E-state index < -0.39 is 12.0 Å². The molecular formula is C13H21N3O5. The number of carbonyl (C=O) groups excluding carboxylic acids is 2. The summed E-state index contributed by atoms with van der Waals surface area (Å²) in [6.45, 7) is 1.56. The summed E-state index contributed by atoms with van der Waals surface area (Å²) in [6.07, 6.45) is 1.66. The van der Waals surface area contributed by atoms with Crippen LogP contribution in [0, 0.1) is 5.92 Å². The molecule has 1 unspecified atom stereocenters. The molecule has 2 N–H and O–H groups in total. The Morgan fingerprint density at radius 3 is 2.62 bits per heavy atom. The van der Waals surface area contributed by atoms with E-state index in [2.05, 4.69) is 5.32 Å². The summed E-state index contributed by atoms with van der Waals surface area (Å²) in [5, 5.41) is 11.7. The van der Waals surface area contributed by atoms with E-state index >= 15 is 0 Å². The number of nitrogens with zero attached hydrogens (tertiary/aromatic N) is 2. The zero-order chi connectivity index (χ0) is 15.4. The SMILES string of the molecule is COCC1CCN(C(=O)N2CC(=O)NCC2C(=O)O)CC1. The molecule has 0 radical (unpaired) electrons. The summed E-state index contributed by atoms with van der Waals surface area (Å²) >= 11 is 0. The molecule has 0 spiro atoms. The van der Waals surface area contributed by atoms with Crippen LogP contribution in [-0.4, -0.2) is 78.8 Å². The maximum atomic E-state index is 12.5. The van der Waals surface area contributed by atoms with Crippen molar-refractivity contribution in [2.45, 2.75) is 18.9 Å². The van der Waals surface area contributed by atoms with Crippen molar-refractivity contribution in [1.29, 1.82) is 0 Å². The molecule has 0 saturated carbocycles. The average Bonchev–Trinajstić information content (AvgIpc) is 2.47. The minimum Gasteiger partial charge on any atom is -0.480 e. The molecule has 1 atom stereocenters. The van der Waals surface area contributed by atoms with E-state index in [1.165, 1.54) is 0 Å². The Hall–Kier alpha value is -1.83. The Morgan fingerprint density at radius 1 is 1.38 bits per heavy atom. The predicted octanol–water partition coefficient (Wildman–Crippen LogP) is -0.650. The largest absolute Gasteiger partial charge is 0.480 e. The molecule has 118 valence electrons. The Bertz CT molecular complexity index is 420. The van der Waals surface area contributed by atoms with E-state index in [1.54, 1.807) is 12.0 Å². The number of rotatable bonds is 3. The van der Waals surface area contributed by atoms with Crippen LogP contribution in [0.25, 0.3) is 0 Å². The first-order valence-electron chi connectivity index (χ1n) is 7.07. The topological polar surface area (TPSA) is 99.2 Å². The van der Waals surface area contributed by atoms with Crippen molar-refractivity contribution in [2.24, 2.45) is 5.92 Å². The Kier molecular flexibility index (Phi) is 5.00. The minimum atomic E-state index is -1.10. The first-order chi connectivity index (χ1) is 10.0. The van der Waals surface area contributed by atoms with Crippen LogP contribution in [-0.2, 0) is 14.3 Å². The number of amides is 3. The molecular weight excluding hydrogens is 278 g/mol. The van der Waals surface area contributed by atoms with Gasteiger partial charge in [-0.1, -0.05) is 0 Å². The number of nitrogens with one attached hydrogen (secondary N) is 1. The van der Waals surface area contributed by atoms with Gasteiger partial charge in [0.25, 0.3) is 0 Å². The molecule has 0 bridgehead atoms. The lowest BCUT2D eigenvalue weighted by Crippen LogP contribution is -2.62. The smallest absolute Gasteiger partial charge is 0.328 e. The zero-order valence-electron chi connectivity index (χ0n) is 12.1. The molecule has 2 rings (SSSR count). The van der Waals surface area contributed by atoms with Crippen LogP contribution in [0.4, 0.5) is 4.79 Å². The van der Waals surface area contributed by atoms with Crippen molar-refractivity contribution in [3.05, 3.63) is 0 Å². The Balaban J connectivity index is 1.97. The summed E-state index contributed by atoms with van der Waals surface area (Å²) in [7, 11) is 1.65. The number of ether oxygens (including phenoxy) is 1. The highest BCUT2D eigenvalue weighted by molar-refractivity contribution is 5.90. The van der Waals surface area contributed by atoms with Gasteiger partial charge in [0.15, 0.2) is 0 Å². The normalized spacial score (nSPS) is 23.9. The number of likely N-dealkylation sites (tertiary alicyclic amines) is 1. The van der Waals surface area contributed by atoms with Crippen molar-refractivity contribution in [1.82, 2.24) is 15.1 Å². The summed E-state index contributed by atoms with van der Waals surface area (Å²) in [5.41, 5.74) is 0. The molecule has 8 heteroatoms. The number of aliphatic carboxylic acids is 1. The molecule has 2 heterocycles. The van der Waals surface area contributed by atoms with Gasteiger partial charge in [-0.15, -0.1) is 0 Å². The third-order valence-corrected chi connectivity index (χ3v) is 4.00. The number of methoxy groups -OCH3 is 1. The van der Waals surface area contributed by atoms with Crippen LogP contribution in [0.5, 0.6) is 0 Å². The summed E-state index contributed by atoms with van der Waals surface area (Å²) in [4.78, 5) is 37.9.